The second kappa shape index (κ2) is 4.42. The maximum atomic E-state index is 2.58. The summed E-state index contributed by atoms with van der Waals surface area (Å²) >= 11 is 0. The highest BCUT2D eigenvalue weighted by Gasteiger charge is 2.78. The summed E-state index contributed by atoms with van der Waals surface area (Å²) in [4.78, 5) is 0. The molecule has 2 nitrogen and oxygen atoms in total. The molecule has 0 bridgehead atoms. The van der Waals surface area contributed by atoms with Gasteiger partial charge in [-0.05, 0) is 26.0 Å². The molecule has 4 rings (SSSR count). The normalized spacial score (nSPS) is 30.7. The van der Waals surface area contributed by atoms with E-state index in [0.717, 1.165) is 17.3 Å². The smallest absolute Gasteiger partial charge is 0.216 e. The molecule has 1 spiro atoms. The van der Waals surface area contributed by atoms with Crippen LogP contribution in [0, 0.1) is 0 Å². The molecule has 2 atom stereocenters. The van der Waals surface area contributed by atoms with Crippen LogP contribution in [0.5, 0.6) is 0 Å². The number of benzene rings is 1. The predicted molar refractivity (Wildman–Crippen MR) is 91.3 cm³/mol. The number of nitrogens with zero attached hydrogens (tertiary/aromatic N) is 2. The van der Waals surface area contributed by atoms with Gasteiger partial charge in [0.05, 0.1) is 12.8 Å². The Labute approximate surface area is 133 Å². The minimum atomic E-state index is 0.143. The van der Waals surface area contributed by atoms with Gasteiger partial charge in [-0.1, -0.05) is 26.0 Å². The number of hydrogen-bond donors (Lipinski definition) is 0. The van der Waals surface area contributed by atoms with E-state index in [1.165, 1.54) is 16.9 Å². The Morgan fingerprint density at radius 2 is 1.59 bits per heavy atom. The van der Waals surface area contributed by atoms with Crippen molar-refractivity contribution in [1.29, 1.82) is 0 Å². The van der Waals surface area contributed by atoms with Crippen molar-refractivity contribution in [1.82, 2.24) is 4.48 Å². The maximum Gasteiger partial charge on any atom is 0.298 e. The van der Waals surface area contributed by atoms with Gasteiger partial charge in [-0.25, -0.2) is 4.48 Å². The summed E-state index contributed by atoms with van der Waals surface area (Å²) in [7, 11) is 0. The van der Waals surface area contributed by atoms with Crippen molar-refractivity contribution < 1.29 is 4.57 Å². The molecule has 0 amide bonds. The molecule has 2 unspecified atom stereocenters. The summed E-state index contributed by atoms with van der Waals surface area (Å²) in [6.07, 6.45) is 4.62. The summed E-state index contributed by atoms with van der Waals surface area (Å²) in [5, 5.41) is 0. The van der Waals surface area contributed by atoms with Crippen LogP contribution in [0.25, 0.3) is 11.3 Å². The van der Waals surface area contributed by atoms with Gasteiger partial charge in [0.25, 0.3) is 5.66 Å². The molecule has 22 heavy (non-hydrogen) atoms. The van der Waals surface area contributed by atoms with Crippen LogP contribution in [0.1, 0.15) is 40.5 Å². The number of fused-ring (bicyclic) bond motifs is 4. The molecule has 2 aromatic rings. The zero-order chi connectivity index (χ0) is 15.5. The van der Waals surface area contributed by atoms with Gasteiger partial charge in [0.2, 0.25) is 5.69 Å². The molecule has 3 heterocycles. The highest BCUT2D eigenvalue weighted by molar-refractivity contribution is 5.77. The van der Waals surface area contributed by atoms with E-state index in [-0.39, 0.29) is 5.66 Å². The molecule has 1 fully saturated rings. The SMILES string of the molecule is CCC1(CC)[n+]2ccccc2-c2ccccc2[N+]12C(C)C2C. The highest BCUT2D eigenvalue weighted by atomic mass is 15.6. The number of aromatic nitrogens is 1. The fraction of sp³-hybridized carbons (Fsp3) is 0.450. The quantitative estimate of drug-likeness (QED) is 0.443. The van der Waals surface area contributed by atoms with Crippen LogP contribution < -0.4 is 9.05 Å². The summed E-state index contributed by atoms with van der Waals surface area (Å²) in [6, 6.07) is 17.1. The molecule has 1 saturated heterocycles. The molecule has 0 N–H and O–H groups in total. The molecule has 2 aliphatic rings. The molecule has 2 aliphatic heterocycles. The van der Waals surface area contributed by atoms with E-state index in [2.05, 4.69) is 80.9 Å². The third kappa shape index (κ3) is 1.29. The Morgan fingerprint density at radius 3 is 2.23 bits per heavy atom. The Bertz CT molecular complexity index is 676. The number of quaternary nitrogens is 1. The van der Waals surface area contributed by atoms with Crippen LogP contribution >= 0.6 is 0 Å². The van der Waals surface area contributed by atoms with Crippen LogP contribution in [-0.4, -0.2) is 12.1 Å². The predicted octanol–water partition coefficient (Wildman–Crippen LogP) is 4.23. The lowest BCUT2D eigenvalue weighted by Gasteiger charge is -2.41. The molecule has 1 aromatic heterocycles. The van der Waals surface area contributed by atoms with E-state index >= 15 is 0 Å². The maximum absolute atomic E-state index is 2.58. The Morgan fingerprint density at radius 1 is 0.955 bits per heavy atom. The zero-order valence-electron chi connectivity index (χ0n) is 14.1. The van der Waals surface area contributed by atoms with Crippen LogP contribution in [0.3, 0.4) is 0 Å². The number of hydrogen-bond acceptors (Lipinski definition) is 0. The largest absolute Gasteiger partial charge is 0.298 e. The fourth-order valence-electron chi connectivity index (χ4n) is 5.44. The molecule has 0 aliphatic carbocycles. The third-order valence-corrected chi connectivity index (χ3v) is 6.60. The molecule has 1 aromatic carbocycles. The van der Waals surface area contributed by atoms with Crippen molar-refractivity contribution in [2.75, 3.05) is 0 Å². The van der Waals surface area contributed by atoms with Crippen LogP contribution in [0.2, 0.25) is 0 Å². The summed E-state index contributed by atoms with van der Waals surface area (Å²) in [5.74, 6) is 0. The van der Waals surface area contributed by atoms with Gasteiger partial charge in [0.15, 0.2) is 11.9 Å². The summed E-state index contributed by atoms with van der Waals surface area (Å²) in [5.41, 5.74) is 4.45. The first kappa shape index (κ1) is 14.0. The van der Waals surface area contributed by atoms with Crippen LogP contribution in [-0.2, 0) is 5.66 Å². The van der Waals surface area contributed by atoms with E-state index in [1.807, 2.05) is 0 Å². The van der Waals surface area contributed by atoms with E-state index in [9.17, 15) is 0 Å². The number of pyridine rings is 1. The Kier molecular flexibility index (Phi) is 2.80. The van der Waals surface area contributed by atoms with Crippen molar-refractivity contribution in [3.8, 4) is 11.3 Å². The highest BCUT2D eigenvalue weighted by Crippen LogP contribution is 2.59. The number of rotatable bonds is 2. The van der Waals surface area contributed by atoms with Crippen LogP contribution in [0.4, 0.5) is 5.69 Å². The lowest BCUT2D eigenvalue weighted by molar-refractivity contribution is -0.776. The average molecular weight is 294 g/mol. The van der Waals surface area contributed by atoms with Gasteiger partial charge in [0.1, 0.15) is 17.6 Å². The van der Waals surface area contributed by atoms with Crippen LogP contribution in [0.15, 0.2) is 48.7 Å². The first-order valence-electron chi connectivity index (χ1n) is 8.64. The molecule has 0 radical (unpaired) electrons. The van der Waals surface area contributed by atoms with Gasteiger partial charge in [-0.3, -0.25) is 0 Å². The third-order valence-electron chi connectivity index (χ3n) is 6.60. The molecular formula is C20H26N2+2. The summed E-state index contributed by atoms with van der Waals surface area (Å²) < 4.78 is 3.70. The van der Waals surface area contributed by atoms with E-state index < -0.39 is 0 Å². The lowest BCUT2D eigenvalue weighted by atomic mass is 9.91. The standard InChI is InChI=1S/C20H26N2/c1-5-20(6-2)21-14-10-9-12-18(21)17-11-7-8-13-19(17)22(20)15(3)16(22)4/h7-16H,5-6H2,1-4H3/q+2. The topological polar surface area (TPSA) is 3.88 Å². The first-order valence-corrected chi connectivity index (χ1v) is 8.64. The van der Waals surface area contributed by atoms with Crippen molar-refractivity contribution in [3.05, 3.63) is 48.7 Å². The molecule has 2 heteroatoms. The minimum Gasteiger partial charge on any atom is -0.216 e. The zero-order valence-corrected chi connectivity index (χ0v) is 14.1. The molecule has 114 valence electrons. The Balaban J connectivity index is 2.13. The fourth-order valence-corrected chi connectivity index (χ4v) is 5.44. The van der Waals surface area contributed by atoms with E-state index in [1.54, 1.807) is 0 Å². The van der Waals surface area contributed by atoms with Gasteiger partial charge >= 0.3 is 0 Å². The van der Waals surface area contributed by atoms with Gasteiger partial charge in [-0.15, -0.1) is 4.57 Å². The van der Waals surface area contributed by atoms with Crippen molar-refractivity contribution >= 4 is 5.69 Å². The van der Waals surface area contributed by atoms with Crippen molar-refractivity contribution in [2.24, 2.45) is 0 Å². The number of para-hydroxylation sites is 1. The van der Waals surface area contributed by atoms with E-state index in [4.69, 9.17) is 0 Å². The first-order chi connectivity index (χ1) is 10.6. The second-order valence-electron chi connectivity index (χ2n) is 6.92. The average Bonchev–Trinajstić information content (AvgIpc) is 3.12. The van der Waals surface area contributed by atoms with Gasteiger partial charge < -0.3 is 0 Å². The lowest BCUT2D eigenvalue weighted by Crippen LogP contribution is -2.72. The molecular weight excluding hydrogens is 268 g/mol. The Hall–Kier alpha value is -1.67. The van der Waals surface area contributed by atoms with Crippen molar-refractivity contribution in [2.45, 2.75) is 58.3 Å². The monoisotopic (exact) mass is 294 g/mol. The van der Waals surface area contributed by atoms with E-state index in [0.29, 0.717) is 12.1 Å². The van der Waals surface area contributed by atoms with Gasteiger partial charge in [-0.2, -0.15) is 0 Å². The molecule has 0 saturated carbocycles. The van der Waals surface area contributed by atoms with Gasteiger partial charge in [0, 0.05) is 18.2 Å². The second-order valence-corrected chi connectivity index (χ2v) is 6.92. The summed E-state index contributed by atoms with van der Waals surface area (Å²) in [6.45, 7) is 9.57. The van der Waals surface area contributed by atoms with Crippen molar-refractivity contribution in [3.63, 3.8) is 0 Å². The minimum absolute atomic E-state index is 0.143.